The first-order valence-electron chi connectivity index (χ1n) is 10.9. The maximum atomic E-state index is 13.5. The first kappa shape index (κ1) is 21.8. The van der Waals surface area contributed by atoms with Gasteiger partial charge in [-0.1, -0.05) is 41.9 Å². The minimum atomic E-state index is -0.0703. The molecule has 5 rings (SSSR count). The summed E-state index contributed by atoms with van der Waals surface area (Å²) in [6, 6.07) is 28.9. The highest BCUT2D eigenvalue weighted by Crippen LogP contribution is 2.34. The third-order valence-electron chi connectivity index (χ3n) is 5.70. The lowest BCUT2D eigenvalue weighted by atomic mass is 10.1. The molecule has 4 aromatic rings. The van der Waals surface area contributed by atoms with Gasteiger partial charge in [0.2, 0.25) is 0 Å². The normalized spacial score (nSPS) is 14.5. The number of methoxy groups -OCH3 is 1. The highest BCUT2D eigenvalue weighted by atomic mass is 35.5. The van der Waals surface area contributed by atoms with E-state index >= 15 is 0 Å². The van der Waals surface area contributed by atoms with Crippen molar-refractivity contribution in [3.63, 3.8) is 0 Å². The Morgan fingerprint density at radius 1 is 0.882 bits per heavy atom. The number of hydrogen-bond acceptors (Lipinski definition) is 3. The summed E-state index contributed by atoms with van der Waals surface area (Å²) in [7, 11) is 1.64. The number of rotatable bonds is 6. The van der Waals surface area contributed by atoms with E-state index in [-0.39, 0.29) is 5.91 Å². The minimum absolute atomic E-state index is 0.0703. The van der Waals surface area contributed by atoms with Crippen LogP contribution < -0.4 is 4.74 Å². The van der Waals surface area contributed by atoms with Crippen molar-refractivity contribution in [2.75, 3.05) is 7.11 Å². The number of halogens is 1. The Morgan fingerprint density at radius 2 is 1.59 bits per heavy atom. The van der Waals surface area contributed by atoms with Crippen LogP contribution in [0.15, 0.2) is 107 Å². The van der Waals surface area contributed by atoms with Gasteiger partial charge in [-0.2, -0.15) is 0 Å². The summed E-state index contributed by atoms with van der Waals surface area (Å²) in [5.41, 5.74) is 4.33. The number of amides is 1. The number of carbonyl (C=O) groups excluding carboxylic acids is 1. The molecule has 0 N–H and O–H groups in total. The van der Waals surface area contributed by atoms with Crippen molar-refractivity contribution < 1.29 is 13.9 Å². The fourth-order valence-corrected chi connectivity index (χ4v) is 4.06. The van der Waals surface area contributed by atoms with Gasteiger partial charge in [-0.3, -0.25) is 4.79 Å². The molecule has 0 fully saturated rings. The van der Waals surface area contributed by atoms with Crippen LogP contribution in [0.25, 0.3) is 23.1 Å². The van der Waals surface area contributed by atoms with Gasteiger partial charge < -0.3 is 14.1 Å². The molecule has 168 valence electrons. The van der Waals surface area contributed by atoms with Gasteiger partial charge in [0.05, 0.1) is 19.4 Å². The third kappa shape index (κ3) is 4.54. The Hall–Kier alpha value is -4.02. The molecule has 0 saturated carbocycles. The predicted octanol–water partition coefficient (Wildman–Crippen LogP) is 7.08. The van der Waals surface area contributed by atoms with E-state index in [1.807, 2.05) is 97.1 Å². The van der Waals surface area contributed by atoms with Crippen LogP contribution in [0.2, 0.25) is 5.02 Å². The van der Waals surface area contributed by atoms with Crippen molar-refractivity contribution in [2.45, 2.75) is 6.54 Å². The second-order valence-corrected chi connectivity index (χ2v) is 8.38. The monoisotopic (exact) mass is 467 g/mol. The molecule has 2 heterocycles. The van der Waals surface area contributed by atoms with Crippen molar-refractivity contribution in [3.8, 4) is 17.1 Å². The SMILES string of the molecule is COc1ccc(C2=C/C(=C/c3ccc(-c4ccc(Cl)cc4)o3)C(=O)N2Cc2ccccc2)cc1. The van der Waals surface area contributed by atoms with Gasteiger partial charge in [-0.05, 0) is 83.9 Å². The van der Waals surface area contributed by atoms with Crippen molar-refractivity contribution in [1.29, 1.82) is 0 Å². The zero-order chi connectivity index (χ0) is 23.5. The molecule has 0 aliphatic carbocycles. The highest BCUT2D eigenvalue weighted by molar-refractivity contribution is 6.30. The molecule has 3 aromatic carbocycles. The summed E-state index contributed by atoms with van der Waals surface area (Å²) < 4.78 is 11.3. The van der Waals surface area contributed by atoms with Crippen LogP contribution in [0, 0.1) is 0 Å². The van der Waals surface area contributed by atoms with E-state index in [0.29, 0.717) is 22.9 Å². The van der Waals surface area contributed by atoms with Crippen molar-refractivity contribution in [1.82, 2.24) is 4.90 Å². The van der Waals surface area contributed by atoms with Gasteiger partial charge >= 0.3 is 0 Å². The zero-order valence-electron chi connectivity index (χ0n) is 18.6. The summed E-state index contributed by atoms with van der Waals surface area (Å²) in [5, 5.41) is 0.670. The lowest BCUT2D eigenvalue weighted by Gasteiger charge is -2.21. The molecule has 0 atom stereocenters. The van der Waals surface area contributed by atoms with Crippen LogP contribution in [0.5, 0.6) is 5.75 Å². The molecule has 0 spiro atoms. The highest BCUT2D eigenvalue weighted by Gasteiger charge is 2.29. The smallest absolute Gasteiger partial charge is 0.258 e. The van der Waals surface area contributed by atoms with Crippen LogP contribution in [-0.4, -0.2) is 17.9 Å². The standard InChI is InChI=1S/C29H22ClNO3/c1-33-25-13-9-21(10-14-25)27-18-23(29(32)31(27)19-20-5-3-2-4-6-20)17-26-15-16-28(34-26)22-7-11-24(30)12-8-22/h2-18H,19H2,1H3/b23-17-. The molecule has 1 aliphatic heterocycles. The zero-order valence-corrected chi connectivity index (χ0v) is 19.3. The van der Waals surface area contributed by atoms with Gasteiger partial charge in [0.25, 0.3) is 5.91 Å². The summed E-state index contributed by atoms with van der Waals surface area (Å²) in [6.45, 7) is 0.475. The number of carbonyl (C=O) groups is 1. The molecule has 34 heavy (non-hydrogen) atoms. The number of hydrogen-bond donors (Lipinski definition) is 0. The summed E-state index contributed by atoms with van der Waals surface area (Å²) in [5.74, 6) is 2.03. The Morgan fingerprint density at radius 3 is 2.29 bits per heavy atom. The van der Waals surface area contributed by atoms with Gasteiger partial charge in [-0.25, -0.2) is 0 Å². The second-order valence-electron chi connectivity index (χ2n) is 7.94. The first-order chi connectivity index (χ1) is 16.6. The molecular weight excluding hydrogens is 446 g/mol. The maximum Gasteiger partial charge on any atom is 0.258 e. The predicted molar refractivity (Wildman–Crippen MR) is 135 cm³/mol. The average Bonchev–Trinajstić information content (AvgIpc) is 3.46. The van der Waals surface area contributed by atoms with Gasteiger partial charge in [0, 0.05) is 16.2 Å². The molecule has 0 radical (unpaired) electrons. The molecule has 4 nitrogen and oxygen atoms in total. The summed E-state index contributed by atoms with van der Waals surface area (Å²) in [6.07, 6.45) is 3.70. The lowest BCUT2D eigenvalue weighted by Crippen LogP contribution is -2.25. The van der Waals surface area contributed by atoms with E-state index in [1.165, 1.54) is 0 Å². The van der Waals surface area contributed by atoms with Crippen molar-refractivity contribution >= 4 is 29.3 Å². The first-order valence-corrected chi connectivity index (χ1v) is 11.3. The van der Waals surface area contributed by atoms with Crippen LogP contribution in [0.1, 0.15) is 16.9 Å². The average molecular weight is 468 g/mol. The van der Waals surface area contributed by atoms with E-state index in [0.717, 1.165) is 33.9 Å². The summed E-state index contributed by atoms with van der Waals surface area (Å²) >= 11 is 5.99. The molecule has 0 saturated heterocycles. The van der Waals surface area contributed by atoms with Crippen LogP contribution >= 0.6 is 11.6 Å². The van der Waals surface area contributed by atoms with E-state index in [9.17, 15) is 4.79 Å². The third-order valence-corrected chi connectivity index (χ3v) is 5.95. The van der Waals surface area contributed by atoms with Crippen molar-refractivity contribution in [3.05, 3.63) is 125 Å². The van der Waals surface area contributed by atoms with E-state index < -0.39 is 0 Å². The molecular formula is C29H22ClNO3. The maximum absolute atomic E-state index is 13.5. The second kappa shape index (κ2) is 9.46. The molecule has 1 aliphatic rings. The fraction of sp³-hybridized carbons (Fsp3) is 0.0690. The number of ether oxygens (including phenoxy) is 1. The quantitative estimate of drug-likeness (QED) is 0.285. The van der Waals surface area contributed by atoms with Gasteiger partial charge in [0.1, 0.15) is 17.3 Å². The number of benzene rings is 3. The van der Waals surface area contributed by atoms with Crippen LogP contribution in [0.4, 0.5) is 0 Å². The number of furan rings is 1. The van der Waals surface area contributed by atoms with Crippen LogP contribution in [-0.2, 0) is 11.3 Å². The number of nitrogens with zero attached hydrogens (tertiary/aromatic N) is 1. The van der Waals surface area contributed by atoms with E-state index in [1.54, 1.807) is 18.1 Å². The minimum Gasteiger partial charge on any atom is -0.497 e. The Kier molecular flexibility index (Phi) is 6.07. The van der Waals surface area contributed by atoms with Crippen molar-refractivity contribution in [2.24, 2.45) is 0 Å². The topological polar surface area (TPSA) is 42.7 Å². The van der Waals surface area contributed by atoms with E-state index in [2.05, 4.69) is 0 Å². The molecule has 1 amide bonds. The largest absolute Gasteiger partial charge is 0.497 e. The van der Waals surface area contributed by atoms with Gasteiger partial charge in [-0.15, -0.1) is 0 Å². The Labute approximate surface area is 203 Å². The fourth-order valence-electron chi connectivity index (χ4n) is 3.93. The molecule has 1 aromatic heterocycles. The van der Waals surface area contributed by atoms with Crippen LogP contribution in [0.3, 0.4) is 0 Å². The molecule has 5 heteroatoms. The molecule has 0 bridgehead atoms. The summed E-state index contributed by atoms with van der Waals surface area (Å²) in [4.78, 5) is 15.3. The Balaban J connectivity index is 1.49. The van der Waals surface area contributed by atoms with Gasteiger partial charge in [0.15, 0.2) is 0 Å². The lowest BCUT2D eigenvalue weighted by molar-refractivity contribution is -0.123. The Bertz CT molecular complexity index is 1370. The molecule has 0 unspecified atom stereocenters. The van der Waals surface area contributed by atoms with E-state index in [4.69, 9.17) is 20.8 Å².